The van der Waals surface area contributed by atoms with Crippen LogP contribution in [0.15, 0.2) is 41.0 Å². The number of likely N-dealkylation sites (N-methyl/N-ethyl adjacent to an activating group) is 1. The van der Waals surface area contributed by atoms with Crippen LogP contribution in [0.1, 0.15) is 41.5 Å². The lowest BCUT2D eigenvalue weighted by Gasteiger charge is -2.57. The van der Waals surface area contributed by atoms with Crippen molar-refractivity contribution in [3.8, 4) is 0 Å². The second-order valence-corrected chi connectivity index (χ2v) is 12.0. The fourth-order valence-corrected chi connectivity index (χ4v) is 6.35. The number of amides is 2. The van der Waals surface area contributed by atoms with E-state index in [-0.39, 0.29) is 30.7 Å². The maximum Gasteiger partial charge on any atom is 0.407 e. The molecule has 0 bridgehead atoms. The minimum absolute atomic E-state index is 0.0311. The predicted octanol–water partition coefficient (Wildman–Crippen LogP) is 4.05. The normalized spacial score (nSPS) is 20.2. The molecule has 0 saturated heterocycles. The van der Waals surface area contributed by atoms with Crippen LogP contribution >= 0.6 is 11.6 Å². The van der Waals surface area contributed by atoms with Gasteiger partial charge >= 0.3 is 18.0 Å². The first kappa shape index (κ1) is 33.1. The maximum atomic E-state index is 14.6. The molecule has 1 aromatic carbocycles. The second-order valence-electron chi connectivity index (χ2n) is 11.6. The molecule has 42 heavy (non-hydrogen) atoms. The zero-order valence-corrected chi connectivity index (χ0v) is 26.3. The number of hydrogen-bond donors (Lipinski definition) is 1. The lowest BCUT2D eigenvalue weighted by molar-refractivity contribution is -0.198. The third-order valence-corrected chi connectivity index (χ3v) is 8.18. The Morgan fingerprint density at radius 1 is 1.02 bits per heavy atom. The van der Waals surface area contributed by atoms with E-state index in [0.717, 1.165) is 0 Å². The number of aliphatic imine (C=N–C) groups is 1. The van der Waals surface area contributed by atoms with E-state index >= 15 is 0 Å². The van der Waals surface area contributed by atoms with Crippen LogP contribution in [-0.2, 0) is 28.6 Å². The molecule has 1 heterocycles. The van der Waals surface area contributed by atoms with E-state index in [1.807, 2.05) is 19.0 Å². The van der Waals surface area contributed by atoms with E-state index in [1.54, 1.807) is 71.9 Å². The van der Waals surface area contributed by atoms with Gasteiger partial charge in [-0.15, -0.1) is 0 Å². The molecule has 0 spiro atoms. The summed E-state index contributed by atoms with van der Waals surface area (Å²) in [5.41, 5.74) is -3.80. The molecular weight excluding hydrogens is 564 g/mol. The molecule has 1 aromatic rings. The Morgan fingerprint density at radius 2 is 1.62 bits per heavy atom. The number of allylic oxidation sites excluding steroid dienone is 1. The van der Waals surface area contributed by atoms with Crippen molar-refractivity contribution in [3.05, 3.63) is 41.1 Å². The number of alkyl carbamates (subject to hydrolysis) is 1. The van der Waals surface area contributed by atoms with Crippen molar-refractivity contribution in [2.75, 3.05) is 51.9 Å². The highest BCUT2D eigenvalue weighted by Crippen LogP contribution is 2.63. The topological polar surface area (TPSA) is 127 Å². The monoisotopic (exact) mass is 604 g/mol. The Balaban J connectivity index is 2.19. The number of nitrogens with one attached hydrogen (secondary N) is 1. The summed E-state index contributed by atoms with van der Waals surface area (Å²) in [4.78, 5) is 62.7. The van der Waals surface area contributed by atoms with Gasteiger partial charge in [-0.05, 0) is 40.1 Å². The van der Waals surface area contributed by atoms with Crippen LogP contribution in [0, 0.1) is 22.2 Å². The van der Waals surface area contributed by atoms with Gasteiger partial charge in [-0.1, -0.05) is 57.5 Å². The molecule has 230 valence electrons. The van der Waals surface area contributed by atoms with Crippen molar-refractivity contribution in [1.82, 2.24) is 10.2 Å². The SMILES string of the molecule is CCOC(=O)C1(C(=O)OCC)C(C)(C)C=C2N=C(COC(=O)NCCN(C)C)N(c3ccccc3Cl)C(=O)C2C1(C)C. The van der Waals surface area contributed by atoms with Crippen molar-refractivity contribution >= 4 is 47.1 Å². The van der Waals surface area contributed by atoms with Gasteiger partial charge in [0.1, 0.15) is 0 Å². The summed E-state index contributed by atoms with van der Waals surface area (Å²) in [5, 5.41) is 2.93. The molecule has 0 radical (unpaired) electrons. The molecule has 12 heteroatoms. The number of amidine groups is 1. The first-order chi connectivity index (χ1) is 19.7. The maximum absolute atomic E-state index is 14.6. The Kier molecular flexibility index (Phi) is 10.1. The van der Waals surface area contributed by atoms with Gasteiger partial charge < -0.3 is 24.4 Å². The van der Waals surface area contributed by atoms with Crippen LogP contribution in [0.4, 0.5) is 10.5 Å². The van der Waals surface area contributed by atoms with Gasteiger partial charge in [0.15, 0.2) is 17.9 Å². The highest BCUT2D eigenvalue weighted by Gasteiger charge is 2.73. The highest BCUT2D eigenvalue weighted by atomic mass is 35.5. The smallest absolute Gasteiger partial charge is 0.407 e. The molecule has 2 amide bonds. The summed E-state index contributed by atoms with van der Waals surface area (Å²) in [6, 6.07) is 6.70. The lowest BCUT2D eigenvalue weighted by Crippen LogP contribution is -2.67. The number of rotatable bonds is 10. The number of esters is 2. The molecule has 0 saturated carbocycles. The third kappa shape index (κ3) is 5.76. The van der Waals surface area contributed by atoms with Crippen LogP contribution in [0.2, 0.25) is 5.02 Å². The average Bonchev–Trinajstić information content (AvgIpc) is 2.87. The van der Waals surface area contributed by atoms with E-state index in [0.29, 0.717) is 24.5 Å². The van der Waals surface area contributed by atoms with E-state index < -0.39 is 46.1 Å². The van der Waals surface area contributed by atoms with E-state index in [9.17, 15) is 19.2 Å². The van der Waals surface area contributed by atoms with E-state index in [1.165, 1.54) is 4.90 Å². The third-order valence-electron chi connectivity index (χ3n) is 7.86. The summed E-state index contributed by atoms with van der Waals surface area (Å²) < 4.78 is 16.4. The highest BCUT2D eigenvalue weighted by molar-refractivity contribution is 6.36. The Hall–Kier alpha value is -3.44. The van der Waals surface area contributed by atoms with E-state index in [2.05, 4.69) is 5.32 Å². The number of carbonyl (C=O) groups excluding carboxylic acids is 4. The summed E-state index contributed by atoms with van der Waals surface area (Å²) >= 11 is 6.54. The summed E-state index contributed by atoms with van der Waals surface area (Å²) in [6.07, 6.45) is 0.977. The Bertz CT molecular complexity index is 1270. The zero-order chi connectivity index (χ0) is 31.5. The van der Waals surface area contributed by atoms with Gasteiger partial charge in [0.25, 0.3) is 0 Å². The van der Waals surface area contributed by atoms with Crippen LogP contribution < -0.4 is 10.2 Å². The standard InChI is InChI=1S/C30H41ClN4O7/c1-9-40-25(37)30(26(38)41-10-2)28(3,4)17-20-23(29(30,5)6)24(36)35(21-14-12-11-13-19(21)31)22(33-20)18-42-27(39)32-15-16-34(7)8/h11-14,17,23H,9-10,15-16,18H2,1-8H3,(H,32,39). The van der Waals surface area contributed by atoms with Gasteiger partial charge in [-0.3, -0.25) is 19.3 Å². The van der Waals surface area contributed by atoms with Crippen molar-refractivity contribution in [2.24, 2.45) is 27.2 Å². The zero-order valence-electron chi connectivity index (χ0n) is 25.6. The van der Waals surface area contributed by atoms with Crippen LogP contribution in [0.5, 0.6) is 0 Å². The quantitative estimate of drug-likeness (QED) is 0.241. The van der Waals surface area contributed by atoms with Crippen LogP contribution in [0.25, 0.3) is 0 Å². The number of hydrogen-bond acceptors (Lipinski definition) is 9. The molecule has 2 aliphatic rings. The molecule has 1 aliphatic carbocycles. The number of halogens is 1. The average molecular weight is 605 g/mol. The van der Waals surface area contributed by atoms with Gasteiger partial charge in [0.05, 0.1) is 35.5 Å². The largest absolute Gasteiger partial charge is 0.465 e. The fraction of sp³-hybridized carbons (Fsp3) is 0.567. The molecule has 3 rings (SSSR count). The number of carbonyl (C=O) groups is 4. The van der Waals surface area contributed by atoms with Crippen molar-refractivity contribution in [1.29, 1.82) is 0 Å². The number of nitrogens with zero attached hydrogens (tertiary/aromatic N) is 3. The second kappa shape index (κ2) is 12.8. The summed E-state index contributed by atoms with van der Waals surface area (Å²) in [7, 11) is 3.76. The minimum atomic E-state index is -1.89. The number of para-hydroxylation sites is 1. The predicted molar refractivity (Wildman–Crippen MR) is 159 cm³/mol. The van der Waals surface area contributed by atoms with Gasteiger partial charge in [-0.25, -0.2) is 9.79 Å². The van der Waals surface area contributed by atoms with Crippen molar-refractivity contribution in [2.45, 2.75) is 41.5 Å². The van der Waals surface area contributed by atoms with Crippen LogP contribution in [0.3, 0.4) is 0 Å². The first-order valence-corrected chi connectivity index (χ1v) is 14.3. The summed E-state index contributed by atoms with van der Waals surface area (Å²) in [5.74, 6) is -3.00. The van der Waals surface area contributed by atoms with Crippen molar-refractivity contribution < 1.29 is 33.4 Å². The van der Waals surface area contributed by atoms with Crippen molar-refractivity contribution in [3.63, 3.8) is 0 Å². The fourth-order valence-electron chi connectivity index (χ4n) is 6.13. The molecule has 1 unspecified atom stereocenters. The molecule has 0 fully saturated rings. The lowest BCUT2D eigenvalue weighted by atomic mass is 9.45. The van der Waals surface area contributed by atoms with Gasteiger partial charge in [-0.2, -0.15) is 0 Å². The number of anilines is 1. The molecule has 1 N–H and O–H groups in total. The number of benzene rings is 1. The minimum Gasteiger partial charge on any atom is -0.465 e. The number of fused-ring (bicyclic) bond motifs is 1. The molecule has 1 atom stereocenters. The molecular formula is C30H41ClN4O7. The van der Waals surface area contributed by atoms with Gasteiger partial charge in [0, 0.05) is 23.9 Å². The molecule has 11 nitrogen and oxygen atoms in total. The first-order valence-electron chi connectivity index (χ1n) is 14.0. The Morgan fingerprint density at radius 3 is 2.17 bits per heavy atom. The van der Waals surface area contributed by atoms with Crippen LogP contribution in [-0.4, -0.2) is 81.7 Å². The molecule has 0 aromatic heterocycles. The van der Waals surface area contributed by atoms with E-state index in [4.69, 9.17) is 30.8 Å². The Labute approximate surface area is 252 Å². The number of ether oxygens (including phenoxy) is 3. The molecule has 1 aliphatic heterocycles. The summed E-state index contributed by atoms with van der Waals surface area (Å²) in [6.45, 7) is 10.8. The van der Waals surface area contributed by atoms with Gasteiger partial charge in [0.2, 0.25) is 5.91 Å².